The van der Waals surface area contributed by atoms with Gasteiger partial charge in [-0.25, -0.2) is 4.79 Å². The second-order valence-corrected chi connectivity index (χ2v) is 7.02. The molecule has 1 aliphatic rings. The minimum atomic E-state index is -0.783. The van der Waals surface area contributed by atoms with Crippen LogP contribution in [-0.2, 0) is 14.3 Å². The highest BCUT2D eigenvalue weighted by Gasteiger charge is 2.50. The lowest BCUT2D eigenvalue weighted by Crippen LogP contribution is -2.51. The molecule has 1 heterocycles. The molecule has 22 heavy (non-hydrogen) atoms. The fourth-order valence-corrected chi connectivity index (χ4v) is 2.13. The molecule has 1 rings (SSSR count). The van der Waals surface area contributed by atoms with Gasteiger partial charge in [-0.15, -0.1) is 0 Å². The molecule has 1 fully saturated rings. The van der Waals surface area contributed by atoms with Crippen LogP contribution in [0, 0.1) is 11.8 Å². The Bertz CT molecular complexity index is 428. The van der Waals surface area contributed by atoms with Crippen LogP contribution < -0.4 is 10.6 Å². The van der Waals surface area contributed by atoms with E-state index in [-0.39, 0.29) is 17.6 Å². The molecule has 0 spiro atoms. The maximum Gasteiger partial charge on any atom is 0.322 e. The van der Waals surface area contributed by atoms with Gasteiger partial charge in [0.1, 0.15) is 5.60 Å². The summed E-state index contributed by atoms with van der Waals surface area (Å²) in [7, 11) is 0. The lowest BCUT2D eigenvalue weighted by Gasteiger charge is -2.21. The zero-order chi connectivity index (χ0) is 16.9. The van der Waals surface area contributed by atoms with E-state index in [9.17, 15) is 14.4 Å². The number of ether oxygens (including phenoxy) is 1. The summed E-state index contributed by atoms with van der Waals surface area (Å²) in [5.41, 5.74) is -0.783. The molecule has 2 N–H and O–H groups in total. The Morgan fingerprint density at radius 2 is 1.73 bits per heavy atom. The summed E-state index contributed by atoms with van der Waals surface area (Å²) >= 11 is 0. The van der Waals surface area contributed by atoms with E-state index >= 15 is 0 Å². The van der Waals surface area contributed by atoms with Crippen LogP contribution in [0.1, 0.15) is 53.9 Å². The molecule has 1 aliphatic heterocycles. The molecule has 0 aromatic rings. The predicted molar refractivity (Wildman–Crippen MR) is 83.4 cm³/mol. The predicted octanol–water partition coefficient (Wildman–Crippen LogP) is 2.02. The monoisotopic (exact) mass is 312 g/mol. The first-order valence-electron chi connectivity index (χ1n) is 7.92. The van der Waals surface area contributed by atoms with Crippen LogP contribution in [0.5, 0.6) is 0 Å². The number of ketones is 1. The largest absolute Gasteiger partial charge is 0.361 e. The lowest BCUT2D eigenvalue weighted by molar-refractivity contribution is -0.126. The first kappa shape index (κ1) is 18.6. The molecule has 1 saturated heterocycles. The number of imide groups is 1. The lowest BCUT2D eigenvalue weighted by atomic mass is 9.93. The SMILES string of the molecule is CC(C)CCC(=O)NC(=O)NC(CC(C)C)C(=O)C1(C)CO1. The summed E-state index contributed by atoms with van der Waals surface area (Å²) in [5.74, 6) is 0.186. The van der Waals surface area contributed by atoms with Gasteiger partial charge in [0.15, 0.2) is 5.78 Å². The topological polar surface area (TPSA) is 87.8 Å². The Hall–Kier alpha value is -1.43. The quantitative estimate of drug-likeness (QED) is 0.671. The normalized spacial score (nSPS) is 21.6. The molecule has 2 unspecified atom stereocenters. The van der Waals surface area contributed by atoms with Crippen molar-refractivity contribution in [2.75, 3.05) is 6.61 Å². The van der Waals surface area contributed by atoms with E-state index in [2.05, 4.69) is 10.6 Å². The standard InChI is InChI=1S/C16H28N2O4/c1-10(2)6-7-13(19)18-15(21)17-12(8-11(3)4)14(20)16(5)9-22-16/h10-12H,6-9H2,1-5H3,(H2,17,18,19,21). The molecule has 0 aromatic carbocycles. The van der Waals surface area contributed by atoms with E-state index in [4.69, 9.17) is 4.74 Å². The summed E-state index contributed by atoms with van der Waals surface area (Å²) in [6.45, 7) is 10.1. The third-order valence-corrected chi connectivity index (χ3v) is 3.63. The van der Waals surface area contributed by atoms with Crippen LogP contribution in [0.4, 0.5) is 4.79 Å². The van der Waals surface area contributed by atoms with Crippen LogP contribution in [-0.4, -0.2) is 36.0 Å². The molecule has 6 nitrogen and oxygen atoms in total. The average molecular weight is 312 g/mol. The van der Waals surface area contributed by atoms with Crippen LogP contribution in [0.3, 0.4) is 0 Å². The third-order valence-electron chi connectivity index (χ3n) is 3.63. The number of carbonyl (C=O) groups excluding carboxylic acids is 3. The van der Waals surface area contributed by atoms with Crippen molar-refractivity contribution in [3.63, 3.8) is 0 Å². The Kier molecular flexibility index (Phi) is 6.53. The van der Waals surface area contributed by atoms with Gasteiger partial charge in [0, 0.05) is 6.42 Å². The van der Waals surface area contributed by atoms with Crippen molar-refractivity contribution in [3.05, 3.63) is 0 Å². The molecule has 3 amide bonds. The van der Waals surface area contributed by atoms with Crippen molar-refractivity contribution in [1.82, 2.24) is 10.6 Å². The third kappa shape index (κ3) is 6.13. The zero-order valence-electron chi connectivity index (χ0n) is 14.2. The van der Waals surface area contributed by atoms with Crippen molar-refractivity contribution in [3.8, 4) is 0 Å². The molecular weight excluding hydrogens is 284 g/mol. The molecule has 2 atom stereocenters. The minimum absolute atomic E-state index is 0.133. The maximum atomic E-state index is 12.3. The fourth-order valence-electron chi connectivity index (χ4n) is 2.13. The Labute approximate surface area is 132 Å². The highest BCUT2D eigenvalue weighted by Crippen LogP contribution is 2.29. The number of hydrogen-bond donors (Lipinski definition) is 2. The summed E-state index contributed by atoms with van der Waals surface area (Å²) < 4.78 is 5.16. The van der Waals surface area contributed by atoms with Gasteiger partial charge < -0.3 is 10.1 Å². The zero-order valence-corrected chi connectivity index (χ0v) is 14.2. The smallest absolute Gasteiger partial charge is 0.322 e. The van der Waals surface area contributed by atoms with Gasteiger partial charge in [-0.1, -0.05) is 27.7 Å². The molecule has 0 aromatic heterocycles. The second-order valence-electron chi connectivity index (χ2n) is 7.02. The minimum Gasteiger partial charge on any atom is -0.361 e. The van der Waals surface area contributed by atoms with E-state index < -0.39 is 17.7 Å². The van der Waals surface area contributed by atoms with Gasteiger partial charge in [0.2, 0.25) is 5.91 Å². The van der Waals surface area contributed by atoms with Gasteiger partial charge >= 0.3 is 6.03 Å². The average Bonchev–Trinajstić information content (AvgIpc) is 3.13. The van der Waals surface area contributed by atoms with Crippen LogP contribution in [0.25, 0.3) is 0 Å². The number of epoxide rings is 1. The summed E-state index contributed by atoms with van der Waals surface area (Å²) in [6, 6.07) is -1.25. The van der Waals surface area contributed by atoms with Gasteiger partial charge in [-0.3, -0.25) is 14.9 Å². The van der Waals surface area contributed by atoms with Crippen molar-refractivity contribution >= 4 is 17.7 Å². The van der Waals surface area contributed by atoms with Gasteiger partial charge in [-0.2, -0.15) is 0 Å². The number of carbonyl (C=O) groups is 3. The van der Waals surface area contributed by atoms with Crippen LogP contribution in [0.15, 0.2) is 0 Å². The van der Waals surface area contributed by atoms with Crippen LogP contribution in [0.2, 0.25) is 0 Å². The number of rotatable bonds is 8. The highest BCUT2D eigenvalue weighted by atomic mass is 16.6. The van der Waals surface area contributed by atoms with E-state index in [0.29, 0.717) is 25.4 Å². The number of amides is 3. The number of hydrogen-bond acceptors (Lipinski definition) is 4. The van der Waals surface area contributed by atoms with E-state index in [1.54, 1.807) is 6.92 Å². The first-order chi connectivity index (χ1) is 10.1. The second kappa shape index (κ2) is 7.72. The van der Waals surface area contributed by atoms with Gasteiger partial charge in [-0.05, 0) is 31.6 Å². The van der Waals surface area contributed by atoms with E-state index in [0.717, 1.165) is 6.42 Å². The van der Waals surface area contributed by atoms with Gasteiger partial charge in [0.25, 0.3) is 0 Å². The van der Waals surface area contributed by atoms with Crippen molar-refractivity contribution in [2.45, 2.75) is 65.5 Å². The van der Waals surface area contributed by atoms with E-state index in [1.165, 1.54) is 0 Å². The van der Waals surface area contributed by atoms with Crippen molar-refractivity contribution in [1.29, 1.82) is 0 Å². The van der Waals surface area contributed by atoms with Gasteiger partial charge in [0.05, 0.1) is 12.6 Å². The van der Waals surface area contributed by atoms with Crippen molar-refractivity contribution in [2.24, 2.45) is 11.8 Å². The van der Waals surface area contributed by atoms with Crippen LogP contribution >= 0.6 is 0 Å². The molecular formula is C16H28N2O4. The molecule has 0 saturated carbocycles. The maximum absolute atomic E-state index is 12.3. The molecule has 0 aliphatic carbocycles. The summed E-state index contributed by atoms with van der Waals surface area (Å²) in [5, 5.41) is 4.90. The fraction of sp³-hybridized carbons (Fsp3) is 0.812. The molecule has 126 valence electrons. The number of urea groups is 1. The Balaban J connectivity index is 2.52. The number of nitrogens with one attached hydrogen (secondary N) is 2. The molecule has 0 radical (unpaired) electrons. The molecule has 0 bridgehead atoms. The van der Waals surface area contributed by atoms with E-state index in [1.807, 2.05) is 27.7 Å². The summed E-state index contributed by atoms with van der Waals surface area (Å²) in [4.78, 5) is 35.9. The number of Topliss-reactive ketones (excluding diaryl/α,β-unsaturated/α-hetero) is 1. The first-order valence-corrected chi connectivity index (χ1v) is 7.92. The van der Waals surface area contributed by atoms with Crippen molar-refractivity contribution < 1.29 is 19.1 Å². The Morgan fingerprint density at radius 1 is 1.14 bits per heavy atom. The summed E-state index contributed by atoms with van der Waals surface area (Å²) in [6.07, 6.45) is 1.54. The Morgan fingerprint density at radius 3 is 2.18 bits per heavy atom. The molecule has 6 heteroatoms. The highest BCUT2D eigenvalue weighted by molar-refractivity contribution is 5.99.